The molecular formula is C13H24O5. The quantitative estimate of drug-likeness (QED) is 0.659. The van der Waals surface area contributed by atoms with Crippen LogP contribution >= 0.6 is 0 Å². The Morgan fingerprint density at radius 2 is 1.61 bits per heavy atom. The van der Waals surface area contributed by atoms with Crippen LogP contribution in [-0.2, 0) is 19.0 Å². The first-order valence-electron chi connectivity index (χ1n) is 6.32. The van der Waals surface area contributed by atoms with Crippen molar-refractivity contribution in [2.75, 3.05) is 19.8 Å². The molecule has 0 aliphatic heterocycles. The van der Waals surface area contributed by atoms with Crippen LogP contribution in [0, 0.1) is 11.3 Å². The molecule has 0 bridgehead atoms. The van der Waals surface area contributed by atoms with Gasteiger partial charge in [0.1, 0.15) is 6.61 Å². The zero-order valence-electron chi connectivity index (χ0n) is 11.9. The van der Waals surface area contributed by atoms with Crippen molar-refractivity contribution in [3.8, 4) is 0 Å². The lowest BCUT2D eigenvalue weighted by molar-refractivity contribution is -0.158. The Bertz CT molecular complexity index is 275. The maximum Gasteiger partial charge on any atom is 0.508 e. The summed E-state index contributed by atoms with van der Waals surface area (Å²) < 4.78 is 14.7. The first kappa shape index (κ1) is 16.7. The molecule has 5 nitrogen and oxygen atoms in total. The van der Waals surface area contributed by atoms with Crippen molar-refractivity contribution in [2.45, 2.75) is 41.0 Å². The average molecular weight is 260 g/mol. The van der Waals surface area contributed by atoms with E-state index >= 15 is 0 Å². The molecule has 0 aromatic rings. The zero-order valence-corrected chi connectivity index (χ0v) is 11.9. The monoisotopic (exact) mass is 260 g/mol. The molecule has 0 aromatic carbocycles. The van der Waals surface area contributed by atoms with E-state index in [1.165, 1.54) is 0 Å². The van der Waals surface area contributed by atoms with Crippen molar-refractivity contribution in [3.63, 3.8) is 0 Å². The van der Waals surface area contributed by atoms with E-state index in [1.54, 1.807) is 20.8 Å². The van der Waals surface area contributed by atoms with Gasteiger partial charge < -0.3 is 14.2 Å². The average Bonchev–Trinajstić information content (AvgIpc) is 2.26. The fourth-order valence-electron chi connectivity index (χ4n) is 1.79. The van der Waals surface area contributed by atoms with Crippen molar-refractivity contribution in [2.24, 2.45) is 11.3 Å². The summed E-state index contributed by atoms with van der Waals surface area (Å²) >= 11 is 0. The standard InChI is InChI=1S/C13H24O5/c1-6-16-11(14)13(5,8-10(3)4)9-18-12(15)17-7-2/h10H,6-9H2,1-5H3. The third kappa shape index (κ3) is 5.89. The van der Waals surface area contributed by atoms with E-state index in [4.69, 9.17) is 9.47 Å². The Morgan fingerprint density at radius 1 is 1.06 bits per heavy atom. The van der Waals surface area contributed by atoms with Gasteiger partial charge in [-0.1, -0.05) is 13.8 Å². The van der Waals surface area contributed by atoms with Crippen LogP contribution in [0.2, 0.25) is 0 Å². The van der Waals surface area contributed by atoms with E-state index in [0.717, 1.165) is 0 Å². The Morgan fingerprint density at radius 3 is 2.06 bits per heavy atom. The Labute approximate surface area is 109 Å². The van der Waals surface area contributed by atoms with Gasteiger partial charge in [-0.15, -0.1) is 0 Å². The van der Waals surface area contributed by atoms with E-state index in [9.17, 15) is 9.59 Å². The third-order valence-corrected chi connectivity index (χ3v) is 2.40. The summed E-state index contributed by atoms with van der Waals surface area (Å²) in [7, 11) is 0. The van der Waals surface area contributed by atoms with E-state index in [-0.39, 0.29) is 19.2 Å². The molecule has 0 spiro atoms. The smallest absolute Gasteiger partial charge is 0.465 e. The molecule has 0 radical (unpaired) electrons. The summed E-state index contributed by atoms with van der Waals surface area (Å²) in [6, 6.07) is 0. The Kier molecular flexibility index (Phi) is 7.39. The number of hydrogen-bond donors (Lipinski definition) is 0. The highest BCUT2D eigenvalue weighted by Gasteiger charge is 2.37. The van der Waals surface area contributed by atoms with Gasteiger partial charge in [-0.05, 0) is 33.1 Å². The van der Waals surface area contributed by atoms with Gasteiger partial charge in [0, 0.05) is 0 Å². The van der Waals surface area contributed by atoms with Crippen molar-refractivity contribution >= 4 is 12.1 Å². The SMILES string of the molecule is CCOC(=O)OCC(C)(CC(C)C)C(=O)OCC. The zero-order chi connectivity index (χ0) is 14.2. The van der Waals surface area contributed by atoms with Crippen LogP contribution < -0.4 is 0 Å². The molecule has 106 valence electrons. The Hall–Kier alpha value is -1.26. The van der Waals surface area contributed by atoms with Crippen LogP contribution in [0.25, 0.3) is 0 Å². The van der Waals surface area contributed by atoms with E-state index in [0.29, 0.717) is 18.9 Å². The van der Waals surface area contributed by atoms with Crippen LogP contribution in [0.15, 0.2) is 0 Å². The van der Waals surface area contributed by atoms with Gasteiger partial charge in [0.05, 0.1) is 18.6 Å². The maximum atomic E-state index is 11.9. The lowest BCUT2D eigenvalue weighted by atomic mass is 9.83. The van der Waals surface area contributed by atoms with Gasteiger partial charge in [-0.2, -0.15) is 0 Å². The molecule has 1 atom stereocenters. The van der Waals surface area contributed by atoms with Crippen molar-refractivity contribution in [1.82, 2.24) is 0 Å². The summed E-state index contributed by atoms with van der Waals surface area (Å²) in [5, 5.41) is 0. The molecule has 0 saturated heterocycles. The minimum absolute atomic E-state index is 0.0250. The van der Waals surface area contributed by atoms with Gasteiger partial charge in [0.2, 0.25) is 0 Å². The summed E-state index contributed by atoms with van der Waals surface area (Å²) in [5.41, 5.74) is -0.822. The second kappa shape index (κ2) is 7.95. The number of carbonyl (C=O) groups is 2. The second-order valence-corrected chi connectivity index (χ2v) is 4.85. The number of rotatable bonds is 7. The number of carbonyl (C=O) groups excluding carboxylic acids is 2. The predicted octanol–water partition coefficient (Wildman–Crippen LogP) is 2.78. The van der Waals surface area contributed by atoms with Crippen LogP contribution in [0.3, 0.4) is 0 Å². The number of ether oxygens (including phenoxy) is 3. The van der Waals surface area contributed by atoms with Crippen molar-refractivity contribution < 1.29 is 23.8 Å². The molecule has 0 N–H and O–H groups in total. The van der Waals surface area contributed by atoms with Gasteiger partial charge in [0.25, 0.3) is 0 Å². The Balaban J connectivity index is 4.56. The van der Waals surface area contributed by atoms with Crippen molar-refractivity contribution in [1.29, 1.82) is 0 Å². The topological polar surface area (TPSA) is 61.8 Å². The molecule has 0 fully saturated rings. The van der Waals surface area contributed by atoms with Crippen LogP contribution in [0.5, 0.6) is 0 Å². The van der Waals surface area contributed by atoms with Crippen LogP contribution in [0.1, 0.15) is 41.0 Å². The van der Waals surface area contributed by atoms with E-state index in [2.05, 4.69) is 4.74 Å². The molecule has 0 saturated carbocycles. The number of esters is 1. The molecule has 5 heteroatoms. The first-order chi connectivity index (χ1) is 8.35. The van der Waals surface area contributed by atoms with E-state index < -0.39 is 11.6 Å². The fraction of sp³-hybridized carbons (Fsp3) is 0.846. The highest BCUT2D eigenvalue weighted by Crippen LogP contribution is 2.28. The molecule has 0 aliphatic carbocycles. The fourth-order valence-corrected chi connectivity index (χ4v) is 1.79. The molecular weight excluding hydrogens is 236 g/mol. The molecule has 0 rings (SSSR count). The highest BCUT2D eigenvalue weighted by molar-refractivity contribution is 5.77. The lowest BCUT2D eigenvalue weighted by Crippen LogP contribution is -2.37. The minimum Gasteiger partial charge on any atom is -0.465 e. The van der Waals surface area contributed by atoms with Crippen LogP contribution in [0.4, 0.5) is 4.79 Å². The molecule has 1 unspecified atom stereocenters. The second-order valence-electron chi connectivity index (χ2n) is 4.85. The lowest BCUT2D eigenvalue weighted by Gasteiger charge is -2.28. The summed E-state index contributed by atoms with van der Waals surface area (Å²) in [5.74, 6) is -0.0480. The largest absolute Gasteiger partial charge is 0.508 e. The highest BCUT2D eigenvalue weighted by atomic mass is 16.7. The molecule has 0 amide bonds. The normalized spacial score (nSPS) is 13.9. The van der Waals surface area contributed by atoms with Gasteiger partial charge in [-0.3, -0.25) is 4.79 Å². The number of hydrogen-bond acceptors (Lipinski definition) is 5. The molecule has 0 aliphatic rings. The summed E-state index contributed by atoms with van der Waals surface area (Å²) in [6.07, 6.45) is -0.164. The van der Waals surface area contributed by atoms with Gasteiger partial charge in [0.15, 0.2) is 0 Å². The predicted molar refractivity (Wildman–Crippen MR) is 67.2 cm³/mol. The third-order valence-electron chi connectivity index (χ3n) is 2.40. The minimum atomic E-state index is -0.822. The van der Waals surface area contributed by atoms with E-state index in [1.807, 2.05) is 13.8 Å². The molecule has 18 heavy (non-hydrogen) atoms. The maximum absolute atomic E-state index is 11.9. The van der Waals surface area contributed by atoms with Crippen molar-refractivity contribution in [3.05, 3.63) is 0 Å². The summed E-state index contributed by atoms with van der Waals surface area (Å²) in [4.78, 5) is 23.1. The van der Waals surface area contributed by atoms with Gasteiger partial charge >= 0.3 is 12.1 Å². The molecule has 0 aromatic heterocycles. The first-order valence-corrected chi connectivity index (χ1v) is 6.32. The van der Waals surface area contributed by atoms with Crippen LogP contribution in [-0.4, -0.2) is 31.9 Å². The summed E-state index contributed by atoms with van der Waals surface area (Å²) in [6.45, 7) is 9.72. The van der Waals surface area contributed by atoms with Gasteiger partial charge in [-0.25, -0.2) is 4.79 Å². The molecule has 0 heterocycles.